The fourth-order valence-electron chi connectivity index (χ4n) is 9.37. The number of imide groups is 1. The molecule has 4 heterocycles. The summed E-state index contributed by atoms with van der Waals surface area (Å²) >= 11 is 0. The summed E-state index contributed by atoms with van der Waals surface area (Å²) in [5.74, 6) is -7.48. The number of imidazole rings is 1. The fourth-order valence-corrected chi connectivity index (χ4v) is 11.9. The Labute approximate surface area is 466 Å². The number of primary amides is 1. The third-order valence-electron chi connectivity index (χ3n) is 13.6. The van der Waals surface area contributed by atoms with Crippen molar-refractivity contribution in [3.05, 3.63) is 90.1 Å². The van der Waals surface area contributed by atoms with Gasteiger partial charge in [-0.3, -0.25) is 48.2 Å². The summed E-state index contributed by atoms with van der Waals surface area (Å²) < 4.78 is 0. The monoisotopic (exact) mass is 1130 g/mol. The highest BCUT2D eigenvalue weighted by Crippen LogP contribution is 2.32. The molecular formula is C53H73N15O9S2. The van der Waals surface area contributed by atoms with Crippen LogP contribution in [0.3, 0.4) is 0 Å². The van der Waals surface area contributed by atoms with Gasteiger partial charge in [-0.15, -0.1) is 0 Å². The number of urea groups is 1. The molecule has 15 N–H and O–H groups in total. The molecule has 2 aromatic heterocycles. The highest BCUT2D eigenvalue weighted by atomic mass is 33.1. The van der Waals surface area contributed by atoms with Gasteiger partial charge in [0.15, 0.2) is 5.96 Å². The van der Waals surface area contributed by atoms with Gasteiger partial charge in [0.2, 0.25) is 41.4 Å². The Bertz CT molecular complexity index is 2790. The van der Waals surface area contributed by atoms with Gasteiger partial charge in [0.25, 0.3) is 5.91 Å². The zero-order valence-electron chi connectivity index (χ0n) is 44.8. The second-order valence-electron chi connectivity index (χ2n) is 20.1. The van der Waals surface area contributed by atoms with Gasteiger partial charge in [-0.05, 0) is 55.7 Å². The largest absolute Gasteiger partial charge is 0.370 e. The van der Waals surface area contributed by atoms with Crippen LogP contribution in [0.15, 0.2) is 78.3 Å². The van der Waals surface area contributed by atoms with Gasteiger partial charge < -0.3 is 64.4 Å². The molecule has 0 radical (unpaired) electrons. The summed E-state index contributed by atoms with van der Waals surface area (Å²) in [6, 6.07) is 5.57. The van der Waals surface area contributed by atoms with Crippen LogP contribution in [0.25, 0.3) is 10.9 Å². The summed E-state index contributed by atoms with van der Waals surface area (Å²) in [5, 5.41) is 20.2. The van der Waals surface area contributed by atoms with E-state index in [0.717, 1.165) is 37.4 Å². The zero-order chi connectivity index (χ0) is 57.2. The summed E-state index contributed by atoms with van der Waals surface area (Å²) in [6.45, 7) is 7.26. The van der Waals surface area contributed by atoms with Crippen LogP contribution in [0.4, 0.5) is 4.79 Å². The van der Waals surface area contributed by atoms with Crippen LogP contribution < -0.4 is 54.4 Å². The molecule has 2 aliphatic heterocycles. The van der Waals surface area contributed by atoms with Crippen molar-refractivity contribution in [2.45, 2.75) is 134 Å². The van der Waals surface area contributed by atoms with E-state index in [9.17, 15) is 43.2 Å². The molecule has 0 spiro atoms. The van der Waals surface area contributed by atoms with Gasteiger partial charge in [-0.25, -0.2) is 9.78 Å². The highest BCUT2D eigenvalue weighted by Gasteiger charge is 2.46. The number of carbonyl (C=O) groups is 9. The van der Waals surface area contributed by atoms with Crippen molar-refractivity contribution in [1.29, 1.82) is 0 Å². The Morgan fingerprint density at radius 1 is 0.709 bits per heavy atom. The average Bonchev–Trinajstić information content (AvgIpc) is 4.15. The number of H-pyrrole nitrogens is 2. The standard InChI is InChI=1S/C53H73N15O9S2/c1-5-6-18-43(68-51(76)41(20-29(2)3)67-53(68)77)35-26-78-79-27-42(44(54)69)66-49(74)39(22-32-24-59-36-16-11-10-15-34(32)36)65-47(72)37(17-12-19-58-52(55)56)62-48(73)38(21-31-13-8-7-9-14-31)64-50(75)40(23-33-25-57-28-60-33)63-45(70)30(4)61-46(35)71/h7-11,13-16,24-25,28-30,35,37-43,59H,5-6,12,17-23,26-27H2,1-4H3,(H2,54,69)(H,57,60)(H,61,71)(H,62,73)(H,63,70)(H,64,75)(H,65,72)(H,66,74)(H,67,77)(H4,55,56,58)/t30-,35-,37+,38-,39+,40+,41+,42+,43+/m1/s1. The Morgan fingerprint density at radius 3 is 2.01 bits per heavy atom. The molecule has 0 bridgehead atoms. The summed E-state index contributed by atoms with van der Waals surface area (Å²) in [5.41, 5.74) is 19.6. The zero-order valence-corrected chi connectivity index (χ0v) is 46.4. The van der Waals surface area contributed by atoms with E-state index >= 15 is 0 Å². The number of carbonyl (C=O) groups excluding carboxylic acids is 9. The van der Waals surface area contributed by atoms with Crippen molar-refractivity contribution in [3.63, 3.8) is 0 Å². The molecule has 426 valence electrons. The van der Waals surface area contributed by atoms with Gasteiger partial charge in [0.1, 0.15) is 42.3 Å². The van der Waals surface area contributed by atoms with Crippen molar-refractivity contribution in [1.82, 2.24) is 57.1 Å². The second-order valence-corrected chi connectivity index (χ2v) is 22.7. The van der Waals surface area contributed by atoms with E-state index < -0.39 is 108 Å². The molecule has 0 aliphatic carbocycles. The third kappa shape index (κ3) is 17.4. The van der Waals surface area contributed by atoms with E-state index in [1.807, 2.05) is 45.0 Å². The number of rotatable bonds is 18. The number of para-hydroxylation sites is 1. The number of amides is 10. The minimum absolute atomic E-state index is 0.0446. The van der Waals surface area contributed by atoms with Crippen LogP contribution in [0, 0.1) is 11.8 Å². The van der Waals surface area contributed by atoms with Crippen LogP contribution in [-0.4, -0.2) is 145 Å². The first-order chi connectivity index (χ1) is 37.8. The molecule has 0 saturated carbocycles. The predicted molar refractivity (Wildman–Crippen MR) is 301 cm³/mol. The fraction of sp³-hybridized carbons (Fsp3) is 0.491. The summed E-state index contributed by atoms with van der Waals surface area (Å²) in [6.07, 6.45) is 6.15. The van der Waals surface area contributed by atoms with Crippen molar-refractivity contribution in [2.75, 3.05) is 18.1 Å². The lowest BCUT2D eigenvalue weighted by atomic mass is 9.93. The van der Waals surface area contributed by atoms with E-state index in [4.69, 9.17) is 17.2 Å². The molecule has 2 aliphatic rings. The quantitative estimate of drug-likeness (QED) is 0.0217. The van der Waals surface area contributed by atoms with Crippen molar-refractivity contribution in [3.8, 4) is 0 Å². The predicted octanol–water partition coefficient (Wildman–Crippen LogP) is 0.923. The lowest BCUT2D eigenvalue weighted by Crippen LogP contribution is -2.60. The number of aromatic nitrogens is 3. The van der Waals surface area contributed by atoms with Gasteiger partial charge in [-0.2, -0.15) is 0 Å². The van der Waals surface area contributed by atoms with Crippen molar-refractivity contribution >= 4 is 91.7 Å². The molecule has 79 heavy (non-hydrogen) atoms. The Morgan fingerprint density at radius 2 is 1.34 bits per heavy atom. The van der Waals surface area contributed by atoms with Crippen LogP contribution in [0.2, 0.25) is 0 Å². The molecule has 0 unspecified atom stereocenters. The minimum atomic E-state index is -1.37. The summed E-state index contributed by atoms with van der Waals surface area (Å²) in [4.78, 5) is 144. The number of unbranched alkanes of at least 4 members (excludes halogenated alkanes) is 1. The Balaban J connectivity index is 1.41. The lowest BCUT2D eigenvalue weighted by molar-refractivity contribution is -0.136. The molecule has 2 fully saturated rings. The van der Waals surface area contributed by atoms with E-state index in [2.05, 4.69) is 57.2 Å². The van der Waals surface area contributed by atoms with E-state index in [-0.39, 0.29) is 68.5 Å². The summed E-state index contributed by atoms with van der Waals surface area (Å²) in [7, 11) is 2.22. The second kappa shape index (κ2) is 29.4. The number of aromatic amines is 2. The minimum Gasteiger partial charge on any atom is -0.370 e. The normalized spacial score (nSPS) is 23.9. The lowest BCUT2D eigenvalue weighted by Gasteiger charge is -2.33. The smallest absolute Gasteiger partial charge is 0.325 e. The van der Waals surface area contributed by atoms with Gasteiger partial charge in [0, 0.05) is 66.3 Å². The van der Waals surface area contributed by atoms with Gasteiger partial charge >= 0.3 is 6.03 Å². The molecule has 4 aromatic rings. The molecular weight excluding hydrogens is 1050 g/mol. The molecule has 24 nitrogen and oxygen atoms in total. The first-order valence-electron chi connectivity index (χ1n) is 26.4. The average molecular weight is 1130 g/mol. The number of benzene rings is 2. The first kappa shape index (κ1) is 60.6. The molecule has 2 saturated heterocycles. The maximum absolute atomic E-state index is 14.8. The number of nitrogens with two attached hydrogens (primary N) is 3. The molecule has 10 amide bonds. The van der Waals surface area contributed by atoms with Crippen LogP contribution >= 0.6 is 21.6 Å². The topological polar surface area (TPSA) is 376 Å². The van der Waals surface area contributed by atoms with E-state index in [0.29, 0.717) is 36.1 Å². The van der Waals surface area contributed by atoms with Crippen LogP contribution in [0.5, 0.6) is 0 Å². The van der Waals surface area contributed by atoms with Crippen LogP contribution in [-0.2, 0) is 57.6 Å². The van der Waals surface area contributed by atoms with Crippen LogP contribution in [0.1, 0.15) is 83.0 Å². The number of aliphatic imine (C=N–C) groups is 1. The molecule has 6 rings (SSSR count). The third-order valence-corrected chi connectivity index (χ3v) is 16.0. The SMILES string of the molecule is CCCC[C@@H]([C@H]1CSSC[C@@H](C(N)=O)NC(=O)[C@H](Cc2c[nH]c3ccccc23)NC(=O)[C@H](CCCN=C(N)N)NC(=O)[C@@H](Cc2ccccc2)NC(=O)[C@H](Cc2cnc[nH]2)NC(=O)[C@@H](C)NC1=O)N1C(=O)N[C@@H](CC(C)C)C1=O. The number of nitrogens with one attached hydrogen (secondary N) is 9. The van der Waals surface area contributed by atoms with Crippen molar-refractivity contribution < 1.29 is 43.2 Å². The molecule has 2 aromatic carbocycles. The van der Waals surface area contributed by atoms with Gasteiger partial charge in [0.05, 0.1) is 18.3 Å². The van der Waals surface area contributed by atoms with E-state index in [1.54, 1.807) is 36.5 Å². The number of hydrogen-bond donors (Lipinski definition) is 12. The maximum atomic E-state index is 14.8. The highest BCUT2D eigenvalue weighted by molar-refractivity contribution is 8.76. The first-order valence-corrected chi connectivity index (χ1v) is 28.9. The number of hydrogen-bond acceptors (Lipinski definition) is 13. The Hall–Kier alpha value is -7.61. The van der Waals surface area contributed by atoms with E-state index in [1.165, 1.54) is 19.4 Å². The van der Waals surface area contributed by atoms with Crippen molar-refractivity contribution in [2.24, 2.45) is 34.0 Å². The maximum Gasteiger partial charge on any atom is 0.325 e. The molecule has 9 atom stereocenters. The molecule has 26 heteroatoms. The number of nitrogens with zero attached hydrogens (tertiary/aromatic N) is 3. The van der Waals surface area contributed by atoms with Gasteiger partial charge in [-0.1, -0.05) is 104 Å². The Kier molecular flexibility index (Phi) is 22.5. The number of guanidine groups is 1. The number of fused-ring (bicyclic) bond motifs is 1.